The number of aliphatic hydroxyl groups is 1. The lowest BCUT2D eigenvalue weighted by atomic mass is 10.1. The molecule has 1 aromatic rings. The largest absolute Gasteiger partial charge is 0.454 e. The van der Waals surface area contributed by atoms with E-state index < -0.39 is 0 Å². The molecule has 0 radical (unpaired) electrons. The maximum Gasteiger partial charge on any atom is 0.164 e. The van der Waals surface area contributed by atoms with Crippen molar-refractivity contribution in [2.24, 2.45) is 0 Å². The highest BCUT2D eigenvalue weighted by molar-refractivity contribution is 14.1. The van der Waals surface area contributed by atoms with Gasteiger partial charge in [-0.15, -0.1) is 0 Å². The number of hydrogen-bond donors (Lipinski definition) is 2. The molecule has 1 rings (SSSR count). The van der Waals surface area contributed by atoms with Gasteiger partial charge < -0.3 is 14.8 Å². The summed E-state index contributed by atoms with van der Waals surface area (Å²) in [5.74, 6) is 0.950. The second-order valence-corrected chi connectivity index (χ2v) is 4.27. The zero-order valence-electron chi connectivity index (χ0n) is 8.29. The van der Waals surface area contributed by atoms with Crippen LogP contribution in [0.25, 0.3) is 0 Å². The molecule has 1 unspecified atom stereocenters. The van der Waals surface area contributed by atoms with Crippen LogP contribution in [0.3, 0.4) is 0 Å². The van der Waals surface area contributed by atoms with Gasteiger partial charge in [0.15, 0.2) is 3.77 Å². The van der Waals surface area contributed by atoms with Gasteiger partial charge in [0, 0.05) is 12.6 Å². The molecule has 0 saturated heterocycles. The molecule has 1 heterocycles. The molecule has 0 aliphatic heterocycles. The van der Waals surface area contributed by atoms with Crippen molar-refractivity contribution < 1.29 is 9.52 Å². The van der Waals surface area contributed by atoms with Gasteiger partial charge in [0.2, 0.25) is 0 Å². The number of furan rings is 1. The molecule has 0 saturated carbocycles. The highest BCUT2D eigenvalue weighted by Crippen LogP contribution is 2.10. The van der Waals surface area contributed by atoms with E-state index in [9.17, 15) is 0 Å². The van der Waals surface area contributed by atoms with Gasteiger partial charge in [-0.2, -0.15) is 0 Å². The SMILES string of the molecule is CCC(CCO)NCc1ccc(I)o1. The molecular weight excluding hydrogens is 293 g/mol. The van der Waals surface area contributed by atoms with E-state index in [1.165, 1.54) is 0 Å². The van der Waals surface area contributed by atoms with Crippen LogP contribution in [0.4, 0.5) is 0 Å². The van der Waals surface area contributed by atoms with Gasteiger partial charge in [-0.3, -0.25) is 0 Å². The maximum absolute atomic E-state index is 8.80. The smallest absolute Gasteiger partial charge is 0.164 e. The van der Waals surface area contributed by atoms with E-state index in [1.54, 1.807) is 0 Å². The maximum atomic E-state index is 8.80. The minimum Gasteiger partial charge on any atom is -0.454 e. The quantitative estimate of drug-likeness (QED) is 0.791. The number of hydrogen-bond acceptors (Lipinski definition) is 3. The Kier molecular flexibility index (Phi) is 5.50. The summed E-state index contributed by atoms with van der Waals surface area (Å²) in [4.78, 5) is 0. The van der Waals surface area contributed by atoms with Crippen molar-refractivity contribution in [3.05, 3.63) is 21.7 Å². The first-order valence-corrected chi connectivity index (χ1v) is 5.92. The Morgan fingerprint density at radius 2 is 2.36 bits per heavy atom. The van der Waals surface area contributed by atoms with Crippen LogP contribution in [0, 0.1) is 3.77 Å². The lowest BCUT2D eigenvalue weighted by Crippen LogP contribution is -2.28. The van der Waals surface area contributed by atoms with E-state index in [1.807, 2.05) is 12.1 Å². The summed E-state index contributed by atoms with van der Waals surface area (Å²) in [7, 11) is 0. The first kappa shape index (κ1) is 12.0. The zero-order valence-corrected chi connectivity index (χ0v) is 10.5. The average Bonchev–Trinajstić information content (AvgIpc) is 2.59. The first-order chi connectivity index (χ1) is 6.76. The van der Waals surface area contributed by atoms with Crippen molar-refractivity contribution in [2.45, 2.75) is 32.4 Å². The summed E-state index contributed by atoms with van der Waals surface area (Å²) < 4.78 is 6.33. The summed E-state index contributed by atoms with van der Waals surface area (Å²) in [5, 5.41) is 12.1. The third-order valence-electron chi connectivity index (χ3n) is 2.16. The van der Waals surface area contributed by atoms with E-state index in [-0.39, 0.29) is 6.61 Å². The Labute approximate surface area is 98.0 Å². The van der Waals surface area contributed by atoms with Crippen LogP contribution < -0.4 is 5.32 Å². The van der Waals surface area contributed by atoms with Crippen molar-refractivity contribution >= 4 is 22.6 Å². The molecule has 80 valence electrons. The molecule has 0 bridgehead atoms. The Hall–Kier alpha value is -0.0700. The van der Waals surface area contributed by atoms with Crippen molar-refractivity contribution in [1.82, 2.24) is 5.32 Å². The Bertz CT molecular complexity index is 262. The van der Waals surface area contributed by atoms with Crippen LogP contribution in [0.15, 0.2) is 16.5 Å². The molecule has 0 aliphatic rings. The number of halogens is 1. The molecule has 1 atom stereocenters. The van der Waals surface area contributed by atoms with Crippen LogP contribution in [0.5, 0.6) is 0 Å². The molecule has 1 aromatic heterocycles. The van der Waals surface area contributed by atoms with Crippen molar-refractivity contribution in [2.75, 3.05) is 6.61 Å². The van der Waals surface area contributed by atoms with Crippen LogP contribution >= 0.6 is 22.6 Å². The minimum absolute atomic E-state index is 0.237. The van der Waals surface area contributed by atoms with Crippen molar-refractivity contribution in [3.8, 4) is 0 Å². The van der Waals surface area contributed by atoms with Gasteiger partial charge in [0.1, 0.15) is 5.76 Å². The average molecular weight is 309 g/mol. The molecule has 0 spiro atoms. The Morgan fingerprint density at radius 1 is 1.57 bits per heavy atom. The van der Waals surface area contributed by atoms with Gasteiger partial charge >= 0.3 is 0 Å². The van der Waals surface area contributed by atoms with Gasteiger partial charge in [-0.25, -0.2) is 0 Å². The lowest BCUT2D eigenvalue weighted by Gasteiger charge is -2.14. The number of rotatable bonds is 6. The molecule has 0 aromatic carbocycles. The molecule has 14 heavy (non-hydrogen) atoms. The Balaban J connectivity index is 2.31. The molecule has 3 nitrogen and oxygen atoms in total. The monoisotopic (exact) mass is 309 g/mol. The van der Waals surface area contributed by atoms with E-state index in [0.29, 0.717) is 6.04 Å². The third-order valence-corrected chi connectivity index (χ3v) is 2.74. The minimum atomic E-state index is 0.237. The summed E-state index contributed by atoms with van der Waals surface area (Å²) in [6, 6.07) is 4.30. The third kappa shape index (κ3) is 3.98. The summed E-state index contributed by atoms with van der Waals surface area (Å²) in [6.45, 7) is 3.09. The van der Waals surface area contributed by atoms with Crippen LogP contribution in [0.1, 0.15) is 25.5 Å². The molecule has 0 fully saturated rings. The standard InChI is InChI=1S/C10H16INO2/c1-2-8(5-6-13)12-7-9-3-4-10(11)14-9/h3-4,8,12-13H,2,5-7H2,1H3. The molecular formula is C10H16INO2. The summed E-state index contributed by atoms with van der Waals surface area (Å²) in [6.07, 6.45) is 1.83. The zero-order chi connectivity index (χ0) is 10.4. The van der Waals surface area contributed by atoms with Crippen molar-refractivity contribution in [3.63, 3.8) is 0 Å². The summed E-state index contributed by atoms with van der Waals surface area (Å²) >= 11 is 2.15. The fraction of sp³-hybridized carbons (Fsp3) is 0.600. The highest BCUT2D eigenvalue weighted by Gasteiger charge is 2.06. The van der Waals surface area contributed by atoms with E-state index in [0.717, 1.165) is 28.9 Å². The van der Waals surface area contributed by atoms with Gasteiger partial charge in [0.05, 0.1) is 6.54 Å². The van der Waals surface area contributed by atoms with E-state index in [4.69, 9.17) is 9.52 Å². The first-order valence-electron chi connectivity index (χ1n) is 4.84. The fourth-order valence-electron chi connectivity index (χ4n) is 1.30. The van der Waals surface area contributed by atoms with Gasteiger partial charge in [0.25, 0.3) is 0 Å². The number of aliphatic hydroxyl groups excluding tert-OH is 1. The fourth-order valence-corrected chi connectivity index (χ4v) is 1.76. The van der Waals surface area contributed by atoms with Crippen LogP contribution in [-0.4, -0.2) is 17.8 Å². The Morgan fingerprint density at radius 3 is 2.86 bits per heavy atom. The van der Waals surface area contributed by atoms with E-state index in [2.05, 4.69) is 34.8 Å². The van der Waals surface area contributed by atoms with Gasteiger partial charge in [-0.1, -0.05) is 6.92 Å². The lowest BCUT2D eigenvalue weighted by molar-refractivity contribution is 0.260. The predicted octanol–water partition coefficient (Wildman–Crippen LogP) is 2.13. The summed E-state index contributed by atoms with van der Waals surface area (Å²) in [5.41, 5.74) is 0. The second kappa shape index (κ2) is 6.42. The van der Waals surface area contributed by atoms with Crippen molar-refractivity contribution in [1.29, 1.82) is 0 Å². The number of nitrogens with one attached hydrogen (secondary N) is 1. The van der Waals surface area contributed by atoms with E-state index >= 15 is 0 Å². The molecule has 0 aliphatic carbocycles. The topological polar surface area (TPSA) is 45.4 Å². The molecule has 2 N–H and O–H groups in total. The van der Waals surface area contributed by atoms with Gasteiger partial charge in [-0.05, 0) is 47.6 Å². The normalized spacial score (nSPS) is 13.1. The van der Waals surface area contributed by atoms with Crippen LogP contribution in [-0.2, 0) is 6.54 Å². The highest BCUT2D eigenvalue weighted by atomic mass is 127. The van der Waals surface area contributed by atoms with Crippen LogP contribution in [0.2, 0.25) is 0 Å². The second-order valence-electron chi connectivity index (χ2n) is 3.20. The predicted molar refractivity (Wildman–Crippen MR) is 64.0 cm³/mol. The molecule has 4 heteroatoms. The molecule has 0 amide bonds.